The molecule has 4 heteroatoms. The molecule has 2 atom stereocenters. The number of para-hydroxylation sites is 1. The van der Waals surface area contributed by atoms with E-state index in [1.54, 1.807) is 7.11 Å². The van der Waals surface area contributed by atoms with Crippen molar-refractivity contribution < 1.29 is 14.6 Å². The summed E-state index contributed by atoms with van der Waals surface area (Å²) in [5, 5.41) is 12.3. The SMILES string of the molecule is COc1ccccc1CCC(=O)NCC1CCCC1CO. The van der Waals surface area contributed by atoms with Crippen LogP contribution in [-0.2, 0) is 11.2 Å². The molecule has 4 nitrogen and oxygen atoms in total. The Hall–Kier alpha value is -1.55. The van der Waals surface area contributed by atoms with Crippen LogP contribution in [0.4, 0.5) is 0 Å². The molecule has 1 aromatic rings. The summed E-state index contributed by atoms with van der Waals surface area (Å²) in [6, 6.07) is 7.79. The number of aryl methyl sites for hydroxylation is 1. The molecule has 1 saturated carbocycles. The predicted octanol–water partition coefficient (Wildman–Crippen LogP) is 2.15. The van der Waals surface area contributed by atoms with E-state index in [-0.39, 0.29) is 12.5 Å². The third kappa shape index (κ3) is 4.46. The van der Waals surface area contributed by atoms with E-state index in [2.05, 4.69) is 5.32 Å². The summed E-state index contributed by atoms with van der Waals surface area (Å²) < 4.78 is 5.29. The van der Waals surface area contributed by atoms with Crippen molar-refractivity contribution in [2.45, 2.75) is 32.1 Å². The van der Waals surface area contributed by atoms with Gasteiger partial charge in [0.1, 0.15) is 5.75 Å². The van der Waals surface area contributed by atoms with E-state index in [4.69, 9.17) is 4.74 Å². The van der Waals surface area contributed by atoms with Crippen LogP contribution in [0.5, 0.6) is 5.75 Å². The highest BCUT2D eigenvalue weighted by Crippen LogP contribution is 2.30. The normalized spacial score (nSPS) is 21.2. The molecule has 0 heterocycles. The van der Waals surface area contributed by atoms with Crippen molar-refractivity contribution >= 4 is 5.91 Å². The number of aliphatic hydroxyl groups excluding tert-OH is 1. The molecule has 2 unspecified atom stereocenters. The highest BCUT2D eigenvalue weighted by molar-refractivity contribution is 5.76. The van der Waals surface area contributed by atoms with Crippen molar-refractivity contribution in [1.29, 1.82) is 0 Å². The lowest BCUT2D eigenvalue weighted by Gasteiger charge is -2.17. The van der Waals surface area contributed by atoms with E-state index >= 15 is 0 Å². The zero-order valence-electron chi connectivity index (χ0n) is 12.7. The fraction of sp³-hybridized carbons (Fsp3) is 0.588. The summed E-state index contributed by atoms with van der Waals surface area (Å²) in [5.74, 6) is 1.70. The standard InChI is InChI=1S/C17H25NO3/c1-21-16-8-3-2-5-13(16)9-10-17(20)18-11-14-6-4-7-15(14)12-19/h2-3,5,8,14-15,19H,4,6-7,9-12H2,1H3,(H,18,20). The van der Waals surface area contributed by atoms with Gasteiger partial charge in [0.25, 0.3) is 0 Å². The maximum Gasteiger partial charge on any atom is 0.220 e. The van der Waals surface area contributed by atoms with E-state index in [0.717, 1.165) is 30.6 Å². The second-order valence-electron chi connectivity index (χ2n) is 5.75. The molecule has 0 bridgehead atoms. The Balaban J connectivity index is 1.75. The van der Waals surface area contributed by atoms with Gasteiger partial charge in [-0.2, -0.15) is 0 Å². The predicted molar refractivity (Wildman–Crippen MR) is 82.2 cm³/mol. The van der Waals surface area contributed by atoms with Crippen molar-refractivity contribution in [2.24, 2.45) is 11.8 Å². The number of ether oxygens (including phenoxy) is 1. The van der Waals surface area contributed by atoms with Crippen LogP contribution in [0.2, 0.25) is 0 Å². The number of hydrogen-bond donors (Lipinski definition) is 2. The van der Waals surface area contributed by atoms with Crippen LogP contribution in [0.3, 0.4) is 0 Å². The fourth-order valence-corrected chi connectivity index (χ4v) is 3.11. The van der Waals surface area contributed by atoms with Crippen LogP contribution in [0, 0.1) is 11.8 Å². The second kappa shape index (κ2) is 8.03. The minimum absolute atomic E-state index is 0.0736. The van der Waals surface area contributed by atoms with Crippen LogP contribution in [-0.4, -0.2) is 31.3 Å². The van der Waals surface area contributed by atoms with E-state index in [9.17, 15) is 9.90 Å². The molecule has 1 aliphatic carbocycles. The van der Waals surface area contributed by atoms with Gasteiger partial charge in [-0.25, -0.2) is 0 Å². The molecular formula is C17H25NO3. The molecule has 21 heavy (non-hydrogen) atoms. The van der Waals surface area contributed by atoms with Crippen molar-refractivity contribution in [3.8, 4) is 5.75 Å². The summed E-state index contributed by atoms with van der Waals surface area (Å²) in [4.78, 5) is 12.0. The van der Waals surface area contributed by atoms with Gasteiger partial charge < -0.3 is 15.2 Å². The number of methoxy groups -OCH3 is 1. The first-order chi connectivity index (χ1) is 10.2. The molecule has 0 saturated heterocycles. The number of carbonyl (C=O) groups is 1. The Morgan fingerprint density at radius 2 is 2.10 bits per heavy atom. The minimum atomic E-state index is 0.0736. The number of aliphatic hydroxyl groups is 1. The van der Waals surface area contributed by atoms with Gasteiger partial charge in [0.05, 0.1) is 7.11 Å². The zero-order valence-corrected chi connectivity index (χ0v) is 12.7. The summed E-state index contributed by atoms with van der Waals surface area (Å²) in [6.07, 6.45) is 4.50. The highest BCUT2D eigenvalue weighted by Gasteiger charge is 2.26. The van der Waals surface area contributed by atoms with E-state index < -0.39 is 0 Å². The lowest BCUT2D eigenvalue weighted by atomic mass is 9.97. The molecular weight excluding hydrogens is 266 g/mol. The highest BCUT2D eigenvalue weighted by atomic mass is 16.5. The number of amides is 1. The first-order valence-corrected chi connectivity index (χ1v) is 7.74. The molecule has 116 valence electrons. The minimum Gasteiger partial charge on any atom is -0.496 e. The molecule has 1 aliphatic rings. The maximum absolute atomic E-state index is 12.0. The molecule has 1 aromatic carbocycles. The third-order valence-corrected chi connectivity index (χ3v) is 4.43. The van der Waals surface area contributed by atoms with Crippen molar-refractivity contribution in [2.75, 3.05) is 20.3 Å². The Morgan fingerprint density at radius 3 is 2.86 bits per heavy atom. The summed E-state index contributed by atoms with van der Waals surface area (Å²) >= 11 is 0. The average Bonchev–Trinajstić information content (AvgIpc) is 2.98. The van der Waals surface area contributed by atoms with Gasteiger partial charge in [0, 0.05) is 19.6 Å². The average molecular weight is 291 g/mol. The first kappa shape index (κ1) is 15.8. The number of hydrogen-bond acceptors (Lipinski definition) is 3. The van der Waals surface area contributed by atoms with Gasteiger partial charge in [-0.15, -0.1) is 0 Å². The second-order valence-corrected chi connectivity index (χ2v) is 5.75. The van der Waals surface area contributed by atoms with E-state index in [0.29, 0.717) is 31.2 Å². The largest absolute Gasteiger partial charge is 0.496 e. The summed E-state index contributed by atoms with van der Waals surface area (Å²) in [5.41, 5.74) is 1.06. The van der Waals surface area contributed by atoms with Crippen molar-refractivity contribution in [3.63, 3.8) is 0 Å². The van der Waals surface area contributed by atoms with E-state index in [1.807, 2.05) is 24.3 Å². The first-order valence-electron chi connectivity index (χ1n) is 7.74. The van der Waals surface area contributed by atoms with Crippen molar-refractivity contribution in [3.05, 3.63) is 29.8 Å². The smallest absolute Gasteiger partial charge is 0.220 e. The van der Waals surface area contributed by atoms with Crippen LogP contribution in [0.1, 0.15) is 31.2 Å². The molecule has 1 fully saturated rings. The van der Waals surface area contributed by atoms with Crippen LogP contribution in [0.25, 0.3) is 0 Å². The Labute approximate surface area is 126 Å². The number of carbonyl (C=O) groups excluding carboxylic acids is 1. The van der Waals surface area contributed by atoms with Gasteiger partial charge in [0.2, 0.25) is 5.91 Å². The third-order valence-electron chi connectivity index (χ3n) is 4.43. The monoisotopic (exact) mass is 291 g/mol. The molecule has 0 aromatic heterocycles. The summed E-state index contributed by atoms with van der Waals surface area (Å²) in [6.45, 7) is 0.928. The Morgan fingerprint density at radius 1 is 1.33 bits per heavy atom. The van der Waals surface area contributed by atoms with Crippen LogP contribution < -0.4 is 10.1 Å². The fourth-order valence-electron chi connectivity index (χ4n) is 3.11. The molecule has 2 N–H and O–H groups in total. The molecule has 2 rings (SSSR count). The Kier molecular flexibility index (Phi) is 6.05. The number of nitrogens with one attached hydrogen (secondary N) is 1. The van der Waals surface area contributed by atoms with Gasteiger partial charge in [-0.05, 0) is 42.7 Å². The Bertz CT molecular complexity index is 461. The van der Waals surface area contributed by atoms with Crippen molar-refractivity contribution in [1.82, 2.24) is 5.32 Å². The quantitative estimate of drug-likeness (QED) is 0.809. The topological polar surface area (TPSA) is 58.6 Å². The lowest BCUT2D eigenvalue weighted by Crippen LogP contribution is -2.31. The van der Waals surface area contributed by atoms with E-state index in [1.165, 1.54) is 0 Å². The van der Waals surface area contributed by atoms with Gasteiger partial charge >= 0.3 is 0 Å². The zero-order chi connectivity index (χ0) is 15.1. The molecule has 0 radical (unpaired) electrons. The van der Waals surface area contributed by atoms with Crippen LogP contribution >= 0.6 is 0 Å². The van der Waals surface area contributed by atoms with Gasteiger partial charge in [-0.1, -0.05) is 24.6 Å². The molecule has 1 amide bonds. The molecule has 0 spiro atoms. The van der Waals surface area contributed by atoms with Gasteiger partial charge in [0.15, 0.2) is 0 Å². The van der Waals surface area contributed by atoms with Crippen LogP contribution in [0.15, 0.2) is 24.3 Å². The number of benzene rings is 1. The lowest BCUT2D eigenvalue weighted by molar-refractivity contribution is -0.121. The summed E-state index contributed by atoms with van der Waals surface area (Å²) in [7, 11) is 1.65. The molecule has 0 aliphatic heterocycles. The number of rotatable bonds is 7. The van der Waals surface area contributed by atoms with Gasteiger partial charge in [-0.3, -0.25) is 4.79 Å². The maximum atomic E-state index is 12.0.